The minimum atomic E-state index is -1.26. The molecule has 0 aliphatic rings. The summed E-state index contributed by atoms with van der Waals surface area (Å²) in [5.41, 5.74) is -0.0608. The number of hydrogen-bond acceptors (Lipinski definition) is 3. The summed E-state index contributed by atoms with van der Waals surface area (Å²) in [6, 6.07) is 3.03. The van der Waals surface area contributed by atoms with Crippen molar-refractivity contribution in [2.75, 3.05) is 0 Å². The average Bonchev–Trinajstić information content (AvgIpc) is 1.88. The number of hydrogen-bond donors (Lipinski definition) is 0. The van der Waals surface area contributed by atoms with Gasteiger partial charge in [0.2, 0.25) is 0 Å². The maximum Gasteiger partial charge on any atom is 1.00 e. The summed E-state index contributed by atoms with van der Waals surface area (Å²) >= 11 is 3.10. The van der Waals surface area contributed by atoms with Crippen molar-refractivity contribution in [1.82, 2.24) is 4.98 Å². The molecule has 0 fully saturated rings. The molecule has 0 saturated heterocycles. The van der Waals surface area contributed by atoms with E-state index in [1.807, 2.05) is 0 Å². The number of carbonyl (C=O) groups is 1. The fraction of sp³-hybridized carbons (Fsp3) is 0. The van der Waals surface area contributed by atoms with Gasteiger partial charge in [-0.05, 0) is 12.1 Å². The van der Waals surface area contributed by atoms with Crippen molar-refractivity contribution in [2.24, 2.45) is 0 Å². The van der Waals surface area contributed by atoms with Crippen LogP contribution in [0.5, 0.6) is 0 Å². The number of carboxylic acid groups (broad SMARTS) is 1. The van der Waals surface area contributed by atoms with E-state index in [4.69, 9.17) is 0 Å². The van der Waals surface area contributed by atoms with Crippen LogP contribution in [0, 0.1) is 0 Å². The second-order valence-electron chi connectivity index (χ2n) is 1.65. The Balaban J connectivity index is 0.000001000. The Morgan fingerprint density at radius 2 is 2.27 bits per heavy atom. The Morgan fingerprint density at radius 3 is 2.64 bits per heavy atom. The largest absolute Gasteiger partial charge is 1.00 e. The van der Waals surface area contributed by atoms with Gasteiger partial charge in [0.15, 0.2) is 0 Å². The molecule has 0 amide bonds. The third-order valence-corrected chi connectivity index (χ3v) is 1.42. The molecule has 11 heavy (non-hydrogen) atoms. The maximum absolute atomic E-state index is 10.2. The second kappa shape index (κ2) is 4.55. The summed E-state index contributed by atoms with van der Waals surface area (Å²) in [5, 5.41) is 10.2. The van der Waals surface area contributed by atoms with E-state index in [-0.39, 0.29) is 24.6 Å². The average molecular weight is 208 g/mol. The SMILES string of the molecule is O=C([O-])c1cc(Br)ccn1.[Li+]. The van der Waals surface area contributed by atoms with E-state index in [1.54, 1.807) is 6.07 Å². The number of carboxylic acids is 1. The van der Waals surface area contributed by atoms with Crippen LogP contribution in [0.2, 0.25) is 0 Å². The van der Waals surface area contributed by atoms with Gasteiger partial charge >= 0.3 is 18.9 Å². The van der Waals surface area contributed by atoms with Crippen LogP contribution < -0.4 is 24.0 Å². The van der Waals surface area contributed by atoms with Gasteiger partial charge in [0.05, 0.1) is 11.7 Å². The molecular weight excluding hydrogens is 205 g/mol. The van der Waals surface area contributed by atoms with Crippen LogP contribution in [-0.4, -0.2) is 11.0 Å². The summed E-state index contributed by atoms with van der Waals surface area (Å²) in [6.45, 7) is 0. The number of aromatic carboxylic acids is 1. The summed E-state index contributed by atoms with van der Waals surface area (Å²) in [6.07, 6.45) is 1.40. The minimum absolute atomic E-state index is 0. The second-order valence-corrected chi connectivity index (χ2v) is 2.56. The van der Waals surface area contributed by atoms with E-state index in [0.29, 0.717) is 4.47 Å². The number of nitrogens with zero attached hydrogens (tertiary/aromatic N) is 1. The molecule has 0 radical (unpaired) electrons. The van der Waals surface area contributed by atoms with Crippen LogP contribution in [0.3, 0.4) is 0 Å². The Labute approximate surface area is 84.1 Å². The zero-order valence-corrected chi connectivity index (χ0v) is 7.46. The van der Waals surface area contributed by atoms with Gasteiger partial charge < -0.3 is 9.90 Å². The first-order chi connectivity index (χ1) is 4.70. The van der Waals surface area contributed by atoms with Crippen molar-refractivity contribution in [2.45, 2.75) is 0 Å². The van der Waals surface area contributed by atoms with Gasteiger partial charge in [-0.1, -0.05) is 15.9 Å². The molecule has 52 valence electrons. The Hall–Kier alpha value is -0.303. The zero-order valence-electron chi connectivity index (χ0n) is 5.87. The standard InChI is InChI=1S/C6H4BrNO2.Li/c7-4-1-2-8-5(3-4)6(9)10;/h1-3H,(H,9,10);/q;+1/p-1. The van der Waals surface area contributed by atoms with E-state index < -0.39 is 5.97 Å². The van der Waals surface area contributed by atoms with Gasteiger partial charge in [-0.25, -0.2) is 0 Å². The van der Waals surface area contributed by atoms with Crippen LogP contribution >= 0.6 is 15.9 Å². The molecule has 0 spiro atoms. The van der Waals surface area contributed by atoms with E-state index in [2.05, 4.69) is 20.9 Å². The van der Waals surface area contributed by atoms with Crippen LogP contribution in [0.25, 0.3) is 0 Å². The molecule has 5 heteroatoms. The molecule has 0 aromatic carbocycles. The number of halogens is 1. The molecule has 0 atom stereocenters. The molecule has 1 rings (SSSR count). The van der Waals surface area contributed by atoms with Gasteiger partial charge in [-0.2, -0.15) is 0 Å². The van der Waals surface area contributed by atoms with E-state index in [9.17, 15) is 9.90 Å². The van der Waals surface area contributed by atoms with Crippen molar-refractivity contribution in [3.8, 4) is 0 Å². The smallest absolute Gasteiger partial charge is 0.543 e. The molecule has 0 saturated carbocycles. The Morgan fingerprint density at radius 1 is 1.64 bits per heavy atom. The molecule has 1 heterocycles. The van der Waals surface area contributed by atoms with E-state index in [1.165, 1.54) is 12.3 Å². The van der Waals surface area contributed by atoms with Crippen molar-refractivity contribution in [3.05, 3.63) is 28.5 Å². The van der Waals surface area contributed by atoms with Gasteiger partial charge in [0, 0.05) is 10.7 Å². The number of aromatic nitrogens is 1. The predicted octanol–water partition coefficient (Wildman–Crippen LogP) is -2.79. The van der Waals surface area contributed by atoms with Crippen LogP contribution in [0.1, 0.15) is 10.5 Å². The summed E-state index contributed by atoms with van der Waals surface area (Å²) in [7, 11) is 0. The number of rotatable bonds is 1. The minimum Gasteiger partial charge on any atom is -0.543 e. The summed E-state index contributed by atoms with van der Waals surface area (Å²) in [5.74, 6) is -1.26. The normalized spacial score (nSPS) is 8.45. The van der Waals surface area contributed by atoms with Gasteiger partial charge in [0.1, 0.15) is 0 Å². The summed E-state index contributed by atoms with van der Waals surface area (Å²) < 4.78 is 0.682. The molecule has 0 aliphatic carbocycles. The molecular formula is C6H3BrLiNO2. The first kappa shape index (κ1) is 10.7. The van der Waals surface area contributed by atoms with Gasteiger partial charge in [0.25, 0.3) is 0 Å². The van der Waals surface area contributed by atoms with Crippen molar-refractivity contribution in [1.29, 1.82) is 0 Å². The zero-order chi connectivity index (χ0) is 7.56. The van der Waals surface area contributed by atoms with Crippen molar-refractivity contribution in [3.63, 3.8) is 0 Å². The fourth-order valence-electron chi connectivity index (χ4n) is 0.516. The van der Waals surface area contributed by atoms with Crippen molar-refractivity contribution < 1.29 is 28.8 Å². The third-order valence-electron chi connectivity index (χ3n) is 0.931. The number of pyridine rings is 1. The maximum atomic E-state index is 10.2. The van der Waals surface area contributed by atoms with Crippen LogP contribution in [0.15, 0.2) is 22.8 Å². The topological polar surface area (TPSA) is 53.0 Å². The number of carbonyl (C=O) groups excluding carboxylic acids is 1. The Kier molecular flexibility index (Phi) is 4.42. The quantitative estimate of drug-likeness (QED) is 0.469. The third kappa shape index (κ3) is 3.06. The van der Waals surface area contributed by atoms with Crippen molar-refractivity contribution >= 4 is 21.9 Å². The molecule has 3 nitrogen and oxygen atoms in total. The van der Waals surface area contributed by atoms with Gasteiger partial charge in [-0.3, -0.25) is 4.98 Å². The first-order valence-corrected chi connectivity index (χ1v) is 3.32. The molecule has 0 unspecified atom stereocenters. The molecule has 1 aromatic rings. The van der Waals surface area contributed by atoms with E-state index >= 15 is 0 Å². The van der Waals surface area contributed by atoms with E-state index in [0.717, 1.165) is 0 Å². The predicted molar refractivity (Wildman–Crippen MR) is 36.3 cm³/mol. The fourth-order valence-corrected chi connectivity index (χ4v) is 0.851. The first-order valence-electron chi connectivity index (χ1n) is 2.53. The Bertz CT molecular complexity index is 267. The molecule has 0 bridgehead atoms. The summed E-state index contributed by atoms with van der Waals surface area (Å²) in [4.78, 5) is 13.7. The molecule has 0 N–H and O–H groups in total. The van der Waals surface area contributed by atoms with Gasteiger partial charge in [-0.15, -0.1) is 0 Å². The monoisotopic (exact) mass is 207 g/mol. The molecule has 0 aliphatic heterocycles. The van der Waals surface area contributed by atoms with Crippen LogP contribution in [-0.2, 0) is 0 Å². The molecule has 1 aromatic heterocycles. The van der Waals surface area contributed by atoms with Crippen LogP contribution in [0.4, 0.5) is 0 Å².